The van der Waals surface area contributed by atoms with Gasteiger partial charge in [0.2, 0.25) is 5.91 Å². The monoisotopic (exact) mass is 471 g/mol. The van der Waals surface area contributed by atoms with E-state index in [1.54, 1.807) is 12.1 Å². The topological polar surface area (TPSA) is 61.9 Å². The molecule has 2 heterocycles. The summed E-state index contributed by atoms with van der Waals surface area (Å²) in [5.41, 5.74) is 2.58. The molecule has 4 rings (SSSR count). The highest BCUT2D eigenvalue weighted by molar-refractivity contribution is 9.10. The van der Waals surface area contributed by atoms with Gasteiger partial charge < -0.3 is 10.1 Å². The molecule has 7 heteroatoms. The summed E-state index contributed by atoms with van der Waals surface area (Å²) in [7, 11) is 0. The van der Waals surface area contributed by atoms with Crippen LogP contribution >= 0.6 is 15.9 Å². The summed E-state index contributed by atoms with van der Waals surface area (Å²) >= 11 is 3.39. The number of ether oxygens (including phenoxy) is 1. The fourth-order valence-corrected chi connectivity index (χ4v) is 4.42. The molecular formula is C23H26BrN3O3. The van der Waals surface area contributed by atoms with E-state index in [2.05, 4.69) is 45.2 Å². The van der Waals surface area contributed by atoms with Crippen LogP contribution < -0.4 is 15.0 Å². The molecule has 1 fully saturated rings. The molecule has 2 aliphatic heterocycles. The zero-order valence-corrected chi connectivity index (χ0v) is 18.7. The largest absolute Gasteiger partial charge is 0.482 e. The van der Waals surface area contributed by atoms with Crippen molar-refractivity contribution in [1.29, 1.82) is 0 Å². The van der Waals surface area contributed by atoms with Gasteiger partial charge in [0.1, 0.15) is 12.3 Å². The zero-order chi connectivity index (χ0) is 21.1. The predicted molar refractivity (Wildman–Crippen MR) is 121 cm³/mol. The average Bonchev–Trinajstić information content (AvgIpc) is 2.72. The summed E-state index contributed by atoms with van der Waals surface area (Å²) in [5.74, 6) is 0.877. The number of likely N-dealkylation sites (tertiary alicyclic amines) is 1. The van der Waals surface area contributed by atoms with Crippen molar-refractivity contribution in [2.75, 3.05) is 36.5 Å². The van der Waals surface area contributed by atoms with Gasteiger partial charge in [-0.05, 0) is 61.2 Å². The summed E-state index contributed by atoms with van der Waals surface area (Å²) in [6.07, 6.45) is 2.57. The number of amides is 2. The van der Waals surface area contributed by atoms with Crippen LogP contribution in [0, 0.1) is 5.92 Å². The quantitative estimate of drug-likeness (QED) is 0.714. The van der Waals surface area contributed by atoms with Gasteiger partial charge in [-0.3, -0.25) is 19.4 Å². The summed E-state index contributed by atoms with van der Waals surface area (Å²) < 4.78 is 6.33. The Hall–Kier alpha value is -2.38. The van der Waals surface area contributed by atoms with Crippen LogP contribution in [0.15, 0.2) is 46.9 Å². The Morgan fingerprint density at radius 1 is 1.23 bits per heavy atom. The van der Waals surface area contributed by atoms with Crippen LogP contribution in [-0.2, 0) is 16.1 Å². The molecule has 1 unspecified atom stereocenters. The Morgan fingerprint density at radius 3 is 2.80 bits per heavy atom. The lowest BCUT2D eigenvalue weighted by atomic mass is 10.00. The van der Waals surface area contributed by atoms with E-state index in [-0.39, 0.29) is 25.0 Å². The lowest BCUT2D eigenvalue weighted by Gasteiger charge is -2.30. The van der Waals surface area contributed by atoms with E-state index in [9.17, 15) is 9.59 Å². The highest BCUT2D eigenvalue weighted by Crippen LogP contribution is 2.34. The number of hydrogen-bond donors (Lipinski definition) is 1. The SMILES string of the molecule is CC1CCCN(Cc2ccc(NC(=O)CN3C(=O)COc4cc(Br)ccc43)cc2)C1. The highest BCUT2D eigenvalue weighted by atomic mass is 79.9. The second-order valence-electron chi connectivity index (χ2n) is 8.11. The molecule has 2 amide bonds. The number of halogens is 1. The number of rotatable bonds is 5. The van der Waals surface area contributed by atoms with Crippen LogP contribution in [0.1, 0.15) is 25.3 Å². The van der Waals surface area contributed by atoms with Crippen LogP contribution in [0.25, 0.3) is 0 Å². The Labute approximate surface area is 185 Å². The number of hydrogen-bond acceptors (Lipinski definition) is 4. The van der Waals surface area contributed by atoms with Crippen molar-refractivity contribution in [3.8, 4) is 5.75 Å². The van der Waals surface area contributed by atoms with Gasteiger partial charge in [-0.1, -0.05) is 35.0 Å². The third kappa shape index (κ3) is 5.02. The van der Waals surface area contributed by atoms with E-state index in [1.165, 1.54) is 23.3 Å². The molecule has 1 saturated heterocycles. The van der Waals surface area contributed by atoms with E-state index in [4.69, 9.17) is 4.74 Å². The van der Waals surface area contributed by atoms with Gasteiger partial charge in [-0.2, -0.15) is 0 Å². The van der Waals surface area contributed by atoms with Crippen molar-refractivity contribution in [2.24, 2.45) is 5.92 Å². The third-order valence-corrected chi connectivity index (χ3v) is 6.04. The number of fused-ring (bicyclic) bond motifs is 1. The number of carbonyl (C=O) groups excluding carboxylic acids is 2. The van der Waals surface area contributed by atoms with Crippen LogP contribution in [0.4, 0.5) is 11.4 Å². The first-order chi connectivity index (χ1) is 14.5. The minimum absolute atomic E-state index is 0.0513. The Balaban J connectivity index is 1.36. The Kier molecular flexibility index (Phi) is 6.39. The van der Waals surface area contributed by atoms with E-state index in [0.717, 1.165) is 35.7 Å². The standard InChI is InChI=1S/C23H26BrN3O3/c1-16-3-2-10-26(12-16)13-17-4-7-19(8-5-17)25-22(28)14-27-20-9-6-18(24)11-21(20)30-15-23(27)29/h4-9,11,16H,2-3,10,12-15H2,1H3,(H,25,28). The first-order valence-corrected chi connectivity index (χ1v) is 11.1. The smallest absolute Gasteiger partial charge is 0.265 e. The van der Waals surface area contributed by atoms with Gasteiger partial charge in [-0.15, -0.1) is 0 Å². The second-order valence-corrected chi connectivity index (χ2v) is 9.02. The maximum absolute atomic E-state index is 12.6. The second kappa shape index (κ2) is 9.18. The molecule has 1 N–H and O–H groups in total. The molecule has 0 radical (unpaired) electrons. The molecular weight excluding hydrogens is 446 g/mol. The number of nitrogens with zero attached hydrogens (tertiary/aromatic N) is 2. The van der Waals surface area contributed by atoms with Gasteiger partial charge in [0.05, 0.1) is 5.69 Å². The van der Waals surface area contributed by atoms with Gasteiger partial charge in [0, 0.05) is 23.2 Å². The molecule has 2 aromatic carbocycles. The molecule has 0 saturated carbocycles. The fraction of sp³-hybridized carbons (Fsp3) is 0.391. The van der Waals surface area contributed by atoms with Crippen LogP contribution in [0.2, 0.25) is 0 Å². The van der Waals surface area contributed by atoms with Crippen LogP contribution in [0.5, 0.6) is 5.75 Å². The molecule has 158 valence electrons. The molecule has 0 aliphatic carbocycles. The lowest BCUT2D eigenvalue weighted by Crippen LogP contribution is -2.43. The zero-order valence-electron chi connectivity index (χ0n) is 17.1. The van der Waals surface area contributed by atoms with E-state index < -0.39 is 0 Å². The normalized spacial score (nSPS) is 19.2. The first kappa shape index (κ1) is 20.9. The molecule has 6 nitrogen and oxygen atoms in total. The maximum atomic E-state index is 12.6. The summed E-state index contributed by atoms with van der Waals surface area (Å²) in [6, 6.07) is 13.4. The summed E-state index contributed by atoms with van der Waals surface area (Å²) in [4.78, 5) is 28.8. The highest BCUT2D eigenvalue weighted by Gasteiger charge is 2.27. The van der Waals surface area contributed by atoms with Gasteiger partial charge in [0.25, 0.3) is 5.91 Å². The fourth-order valence-electron chi connectivity index (χ4n) is 4.08. The number of benzene rings is 2. The number of piperidine rings is 1. The molecule has 1 atom stereocenters. The molecule has 0 bridgehead atoms. The van der Waals surface area contributed by atoms with E-state index in [0.29, 0.717) is 11.4 Å². The molecule has 30 heavy (non-hydrogen) atoms. The minimum Gasteiger partial charge on any atom is -0.482 e. The van der Waals surface area contributed by atoms with Crippen molar-refractivity contribution < 1.29 is 14.3 Å². The van der Waals surface area contributed by atoms with Crippen LogP contribution in [-0.4, -0.2) is 43.0 Å². The Bertz CT molecular complexity index is 932. The molecule has 0 aromatic heterocycles. The first-order valence-electron chi connectivity index (χ1n) is 10.3. The third-order valence-electron chi connectivity index (χ3n) is 5.55. The van der Waals surface area contributed by atoms with Gasteiger partial charge >= 0.3 is 0 Å². The van der Waals surface area contributed by atoms with Crippen LogP contribution in [0.3, 0.4) is 0 Å². The molecule has 2 aromatic rings. The summed E-state index contributed by atoms with van der Waals surface area (Å²) in [6.45, 7) is 5.41. The van der Waals surface area contributed by atoms with Crippen molar-refractivity contribution in [2.45, 2.75) is 26.3 Å². The van der Waals surface area contributed by atoms with Gasteiger partial charge in [0.15, 0.2) is 6.61 Å². The molecule has 0 spiro atoms. The minimum atomic E-state index is -0.239. The summed E-state index contributed by atoms with van der Waals surface area (Å²) in [5, 5.41) is 2.89. The van der Waals surface area contributed by atoms with E-state index in [1.807, 2.05) is 18.2 Å². The van der Waals surface area contributed by atoms with Crippen molar-refractivity contribution in [3.63, 3.8) is 0 Å². The van der Waals surface area contributed by atoms with Gasteiger partial charge in [-0.25, -0.2) is 0 Å². The van der Waals surface area contributed by atoms with Crippen molar-refractivity contribution in [3.05, 3.63) is 52.5 Å². The number of carbonyl (C=O) groups is 2. The molecule has 2 aliphatic rings. The van der Waals surface area contributed by atoms with Crippen molar-refractivity contribution in [1.82, 2.24) is 4.90 Å². The average molecular weight is 472 g/mol. The predicted octanol–water partition coefficient (Wildman–Crippen LogP) is 4.05. The maximum Gasteiger partial charge on any atom is 0.265 e. The van der Waals surface area contributed by atoms with Crippen molar-refractivity contribution >= 4 is 39.1 Å². The number of nitrogens with one attached hydrogen (secondary N) is 1. The Morgan fingerprint density at radius 2 is 2.03 bits per heavy atom. The number of anilines is 2. The van der Waals surface area contributed by atoms with E-state index >= 15 is 0 Å². The lowest BCUT2D eigenvalue weighted by molar-refractivity contribution is -0.123.